The first-order chi connectivity index (χ1) is 5.88. The fourth-order valence-corrected chi connectivity index (χ4v) is 1.04. The molecule has 1 aromatic heterocycles. The van der Waals surface area contributed by atoms with Crippen LogP contribution in [0.25, 0.3) is 11.3 Å². The largest absolute Gasteiger partial charge is 0.398 e. The number of nitrogens with zero attached hydrogens (tertiary/aromatic N) is 1. The first-order valence-electron chi connectivity index (χ1n) is 3.55. The van der Waals surface area contributed by atoms with Gasteiger partial charge in [0.1, 0.15) is 6.20 Å². The summed E-state index contributed by atoms with van der Waals surface area (Å²) in [6.45, 7) is 0. The van der Waals surface area contributed by atoms with Gasteiger partial charge < -0.3 is 10.3 Å². The van der Waals surface area contributed by atoms with Gasteiger partial charge in [-0.05, 0) is 12.1 Å². The lowest BCUT2D eigenvalue weighted by Crippen LogP contribution is -1.87. The smallest absolute Gasteiger partial charge is 0.169 e. The Hall–Kier alpha value is -1.77. The van der Waals surface area contributed by atoms with E-state index in [9.17, 15) is 0 Å². The van der Waals surface area contributed by atoms with E-state index in [1.165, 1.54) is 0 Å². The number of para-hydroxylation sites is 1. The lowest BCUT2D eigenvalue weighted by molar-refractivity contribution is 0.431. The first-order valence-corrected chi connectivity index (χ1v) is 3.55. The molecule has 0 saturated carbocycles. The molecule has 59 valence electrons. The van der Waals surface area contributed by atoms with Crippen LogP contribution in [0.1, 0.15) is 0 Å². The minimum absolute atomic E-state index is 0.646. The van der Waals surface area contributed by atoms with E-state index < -0.39 is 0 Å². The average molecular weight is 159 g/mol. The highest BCUT2D eigenvalue weighted by Gasteiger charge is 2.03. The van der Waals surface area contributed by atoms with Crippen molar-refractivity contribution in [2.75, 3.05) is 5.73 Å². The fraction of sp³-hybridized carbons (Fsp3) is 0. The van der Waals surface area contributed by atoms with E-state index >= 15 is 0 Å². The number of aromatic nitrogens is 1. The van der Waals surface area contributed by atoms with Gasteiger partial charge in [-0.1, -0.05) is 17.3 Å². The Labute approximate surface area is 69.8 Å². The third-order valence-electron chi connectivity index (χ3n) is 1.62. The van der Waals surface area contributed by atoms with E-state index in [0.29, 0.717) is 11.4 Å². The molecule has 12 heavy (non-hydrogen) atoms. The third kappa shape index (κ3) is 1.05. The van der Waals surface area contributed by atoms with Gasteiger partial charge in [0.2, 0.25) is 0 Å². The van der Waals surface area contributed by atoms with Crippen molar-refractivity contribution >= 4 is 5.69 Å². The van der Waals surface area contributed by atoms with Crippen LogP contribution in [0, 0.1) is 6.20 Å². The summed E-state index contributed by atoms with van der Waals surface area (Å²) in [5.74, 6) is 0.646. The number of nitrogens with two attached hydrogens (primary N) is 1. The zero-order chi connectivity index (χ0) is 8.39. The molecule has 1 radical (unpaired) electrons. The van der Waals surface area contributed by atoms with Crippen molar-refractivity contribution in [2.24, 2.45) is 0 Å². The second-order valence-corrected chi connectivity index (χ2v) is 2.41. The van der Waals surface area contributed by atoms with Crippen LogP contribution in [-0.2, 0) is 0 Å². The molecule has 0 saturated heterocycles. The van der Waals surface area contributed by atoms with Crippen LogP contribution in [0.15, 0.2) is 34.9 Å². The third-order valence-corrected chi connectivity index (χ3v) is 1.62. The first kappa shape index (κ1) is 6.91. The highest BCUT2D eigenvalue weighted by atomic mass is 16.5. The minimum atomic E-state index is 0.646. The summed E-state index contributed by atoms with van der Waals surface area (Å²) in [4.78, 5) is 0. The molecule has 0 aliphatic heterocycles. The van der Waals surface area contributed by atoms with Crippen molar-refractivity contribution in [3.05, 3.63) is 36.5 Å². The molecule has 2 N–H and O–H groups in total. The van der Waals surface area contributed by atoms with Gasteiger partial charge in [-0.25, -0.2) is 0 Å². The lowest BCUT2D eigenvalue weighted by Gasteiger charge is -1.98. The molecule has 0 spiro atoms. The maximum atomic E-state index is 5.71. The van der Waals surface area contributed by atoms with Gasteiger partial charge in [0.15, 0.2) is 5.76 Å². The Bertz CT molecular complexity index is 368. The Morgan fingerprint density at radius 2 is 2.17 bits per heavy atom. The maximum absolute atomic E-state index is 5.71. The van der Waals surface area contributed by atoms with Gasteiger partial charge in [-0.2, -0.15) is 0 Å². The number of rotatable bonds is 1. The minimum Gasteiger partial charge on any atom is -0.398 e. The van der Waals surface area contributed by atoms with Crippen LogP contribution >= 0.6 is 0 Å². The van der Waals surface area contributed by atoms with E-state index in [-0.39, 0.29) is 0 Å². The molecule has 2 aromatic rings. The lowest BCUT2D eigenvalue weighted by atomic mass is 10.1. The van der Waals surface area contributed by atoms with Crippen LogP contribution in [-0.4, -0.2) is 5.16 Å². The molecule has 2 rings (SSSR count). The summed E-state index contributed by atoms with van der Waals surface area (Å²) in [5.41, 5.74) is 7.25. The Morgan fingerprint density at radius 1 is 1.33 bits per heavy atom. The summed E-state index contributed by atoms with van der Waals surface area (Å²) < 4.78 is 4.91. The predicted octanol–water partition coefficient (Wildman–Crippen LogP) is 1.72. The van der Waals surface area contributed by atoms with Crippen LogP contribution in [0.5, 0.6) is 0 Å². The highest BCUT2D eigenvalue weighted by Crippen LogP contribution is 2.23. The Kier molecular flexibility index (Phi) is 1.55. The Balaban J connectivity index is 2.55. The topological polar surface area (TPSA) is 52.0 Å². The molecule has 1 heterocycles. The van der Waals surface area contributed by atoms with E-state index in [0.717, 1.165) is 5.56 Å². The highest BCUT2D eigenvalue weighted by molar-refractivity contribution is 5.71. The molecule has 3 heteroatoms. The molecule has 0 bridgehead atoms. The maximum Gasteiger partial charge on any atom is 0.169 e. The van der Waals surface area contributed by atoms with Crippen molar-refractivity contribution in [1.29, 1.82) is 0 Å². The van der Waals surface area contributed by atoms with Crippen molar-refractivity contribution < 1.29 is 4.52 Å². The second kappa shape index (κ2) is 2.70. The molecule has 0 unspecified atom stereocenters. The summed E-state index contributed by atoms with van der Waals surface area (Å²) in [7, 11) is 0. The van der Waals surface area contributed by atoms with E-state index in [4.69, 9.17) is 10.3 Å². The number of hydrogen-bond acceptors (Lipinski definition) is 3. The van der Waals surface area contributed by atoms with Crippen molar-refractivity contribution in [3.8, 4) is 11.3 Å². The molecular weight excluding hydrogens is 152 g/mol. The van der Waals surface area contributed by atoms with Gasteiger partial charge >= 0.3 is 0 Å². The average Bonchev–Trinajstić information content (AvgIpc) is 2.57. The van der Waals surface area contributed by atoms with Gasteiger partial charge in [0.25, 0.3) is 0 Å². The van der Waals surface area contributed by atoms with Gasteiger partial charge in [-0.3, -0.25) is 0 Å². The summed E-state index contributed by atoms with van der Waals surface area (Å²) in [5, 5.41) is 3.48. The molecule has 0 fully saturated rings. The molecular formula is C9H7N2O. The molecule has 0 aliphatic carbocycles. The quantitative estimate of drug-likeness (QED) is 0.644. The van der Waals surface area contributed by atoms with Crippen LogP contribution in [0.2, 0.25) is 0 Å². The number of hydrogen-bond donors (Lipinski definition) is 1. The van der Waals surface area contributed by atoms with E-state index in [1.54, 1.807) is 6.07 Å². The van der Waals surface area contributed by atoms with E-state index in [1.807, 2.05) is 24.3 Å². The fourth-order valence-electron chi connectivity index (χ4n) is 1.04. The Morgan fingerprint density at radius 3 is 2.83 bits per heavy atom. The predicted molar refractivity (Wildman–Crippen MR) is 45.2 cm³/mol. The number of benzene rings is 1. The second-order valence-electron chi connectivity index (χ2n) is 2.41. The SMILES string of the molecule is Nc1ccccc1-c1c[c]no1. The molecule has 3 nitrogen and oxygen atoms in total. The van der Waals surface area contributed by atoms with Crippen LogP contribution < -0.4 is 5.73 Å². The zero-order valence-corrected chi connectivity index (χ0v) is 6.32. The summed E-state index contributed by atoms with van der Waals surface area (Å²) in [6, 6.07) is 9.13. The van der Waals surface area contributed by atoms with Crippen LogP contribution in [0.4, 0.5) is 5.69 Å². The molecule has 0 aliphatic rings. The monoisotopic (exact) mass is 159 g/mol. The van der Waals surface area contributed by atoms with Crippen LogP contribution in [0.3, 0.4) is 0 Å². The van der Waals surface area contributed by atoms with Crippen molar-refractivity contribution in [2.45, 2.75) is 0 Å². The van der Waals surface area contributed by atoms with Gasteiger partial charge in [0.05, 0.1) is 0 Å². The zero-order valence-electron chi connectivity index (χ0n) is 6.32. The van der Waals surface area contributed by atoms with Crippen molar-refractivity contribution in [1.82, 2.24) is 5.16 Å². The molecule has 0 atom stereocenters. The normalized spacial score (nSPS) is 10.0. The van der Waals surface area contributed by atoms with Crippen molar-refractivity contribution in [3.63, 3.8) is 0 Å². The summed E-state index contributed by atoms with van der Waals surface area (Å²) >= 11 is 0. The molecule has 1 aromatic carbocycles. The van der Waals surface area contributed by atoms with E-state index in [2.05, 4.69) is 11.4 Å². The number of anilines is 1. The number of nitrogen functional groups attached to an aromatic ring is 1. The standard InChI is InChI=1S/C9H7N2O/c10-8-4-2-1-3-7(8)9-5-6-11-12-9/h1-5H,10H2. The summed E-state index contributed by atoms with van der Waals surface area (Å²) in [6.07, 6.45) is 2.58. The van der Waals surface area contributed by atoms with Gasteiger partial charge in [0, 0.05) is 17.3 Å². The van der Waals surface area contributed by atoms with Gasteiger partial charge in [-0.15, -0.1) is 0 Å². The molecule has 0 amide bonds.